The lowest BCUT2D eigenvalue weighted by Gasteiger charge is -2.27. The van der Waals surface area contributed by atoms with Gasteiger partial charge in [0.1, 0.15) is 6.04 Å². The first kappa shape index (κ1) is 12.2. The van der Waals surface area contributed by atoms with E-state index in [0.29, 0.717) is 0 Å². The third-order valence-electron chi connectivity index (χ3n) is 1.60. The van der Waals surface area contributed by atoms with Crippen molar-refractivity contribution >= 4 is 23.6 Å². The van der Waals surface area contributed by atoms with Crippen LogP contribution in [0.1, 0.15) is 13.8 Å². The average molecular weight is 206 g/mol. The predicted molar refractivity (Wildman–Crippen MR) is 51.3 cm³/mol. The number of hydrogen-bond acceptors (Lipinski definition) is 4. The number of carbonyl (C=O) groups excluding carboxylic acids is 1. The van der Waals surface area contributed by atoms with Crippen molar-refractivity contribution in [3.05, 3.63) is 0 Å². The smallest absolute Gasteiger partial charge is 0.321 e. The normalized spacial score (nSPS) is 13.8. The fraction of sp³-hybridized carbons (Fsp3) is 0.714. The molecule has 1 atom stereocenters. The second-order valence-electron chi connectivity index (χ2n) is 3.17. The van der Waals surface area contributed by atoms with E-state index in [-0.39, 0.29) is 5.75 Å². The van der Waals surface area contributed by atoms with Crippen molar-refractivity contribution in [1.29, 1.82) is 0 Å². The Labute approximate surface area is 80.8 Å². The summed E-state index contributed by atoms with van der Waals surface area (Å²) in [6.45, 7) is 3.33. The summed E-state index contributed by atoms with van der Waals surface area (Å²) in [5.41, 5.74) is 10.3. The first-order valence-corrected chi connectivity index (χ1v) is 4.66. The number of rotatable bonds is 5. The quantitative estimate of drug-likeness (QED) is 0.556. The molecule has 13 heavy (non-hydrogen) atoms. The molecule has 0 aliphatic heterocycles. The number of amides is 1. The number of primary amides is 1. The number of nitrogens with two attached hydrogens (primary N) is 2. The van der Waals surface area contributed by atoms with Crippen molar-refractivity contribution < 1.29 is 14.7 Å². The molecule has 0 bridgehead atoms. The van der Waals surface area contributed by atoms with Crippen molar-refractivity contribution in [3.8, 4) is 0 Å². The molecule has 0 aliphatic carbocycles. The third-order valence-corrected chi connectivity index (χ3v) is 3.03. The minimum absolute atomic E-state index is 0.0774. The Kier molecular flexibility index (Phi) is 4.22. The van der Waals surface area contributed by atoms with E-state index < -0.39 is 22.7 Å². The Morgan fingerprint density at radius 2 is 2.00 bits per heavy atom. The van der Waals surface area contributed by atoms with Gasteiger partial charge in [-0.2, -0.15) is 0 Å². The van der Waals surface area contributed by atoms with E-state index in [9.17, 15) is 9.59 Å². The van der Waals surface area contributed by atoms with Gasteiger partial charge in [-0.1, -0.05) is 0 Å². The van der Waals surface area contributed by atoms with E-state index in [1.807, 2.05) is 0 Å². The third kappa shape index (κ3) is 4.14. The molecule has 0 aliphatic rings. The standard InChI is InChI=1S/C7H14N2O3S/c1-7(2,5(9)6(11)12)13-3-4(8)10/h5H,3,9H2,1-2H3,(H2,8,10)(H,11,12)/t5-/m1/s1. The van der Waals surface area contributed by atoms with E-state index in [2.05, 4.69) is 0 Å². The van der Waals surface area contributed by atoms with Gasteiger partial charge in [0.15, 0.2) is 0 Å². The second kappa shape index (κ2) is 4.48. The molecule has 0 saturated heterocycles. The van der Waals surface area contributed by atoms with Crippen molar-refractivity contribution in [2.24, 2.45) is 11.5 Å². The molecule has 1 amide bonds. The molecule has 0 saturated carbocycles. The summed E-state index contributed by atoms with van der Waals surface area (Å²) in [6, 6.07) is -1.00. The molecule has 0 aromatic heterocycles. The largest absolute Gasteiger partial charge is 0.480 e. The molecule has 0 radical (unpaired) electrons. The molecule has 0 aromatic carbocycles. The van der Waals surface area contributed by atoms with E-state index in [1.54, 1.807) is 13.8 Å². The highest BCUT2D eigenvalue weighted by Gasteiger charge is 2.32. The first-order valence-electron chi connectivity index (χ1n) is 3.68. The number of hydrogen-bond donors (Lipinski definition) is 3. The van der Waals surface area contributed by atoms with Crippen LogP contribution in [0.25, 0.3) is 0 Å². The van der Waals surface area contributed by atoms with Crippen LogP contribution in [0, 0.1) is 0 Å². The highest BCUT2D eigenvalue weighted by atomic mass is 32.2. The molecule has 5 nitrogen and oxygen atoms in total. The zero-order valence-electron chi connectivity index (χ0n) is 7.61. The molecule has 0 heterocycles. The number of aliphatic carboxylic acids is 1. The monoisotopic (exact) mass is 206 g/mol. The zero-order chi connectivity index (χ0) is 10.6. The molecule has 0 spiro atoms. The molecule has 0 fully saturated rings. The first-order chi connectivity index (χ1) is 5.77. The van der Waals surface area contributed by atoms with Crippen LogP contribution in [-0.2, 0) is 9.59 Å². The zero-order valence-corrected chi connectivity index (χ0v) is 8.43. The van der Waals surface area contributed by atoms with Crippen LogP contribution < -0.4 is 11.5 Å². The summed E-state index contributed by atoms with van der Waals surface area (Å²) in [4.78, 5) is 21.0. The second-order valence-corrected chi connectivity index (χ2v) is 4.80. The summed E-state index contributed by atoms with van der Waals surface area (Å²) < 4.78 is -0.694. The molecular formula is C7H14N2O3S. The van der Waals surface area contributed by atoms with E-state index in [1.165, 1.54) is 0 Å². The van der Waals surface area contributed by atoms with Gasteiger partial charge in [0.25, 0.3) is 0 Å². The van der Waals surface area contributed by atoms with Crippen LogP contribution in [0.15, 0.2) is 0 Å². The van der Waals surface area contributed by atoms with E-state index >= 15 is 0 Å². The predicted octanol–water partition coefficient (Wildman–Crippen LogP) is -0.605. The van der Waals surface area contributed by atoms with Gasteiger partial charge < -0.3 is 16.6 Å². The van der Waals surface area contributed by atoms with Gasteiger partial charge in [-0.15, -0.1) is 11.8 Å². The van der Waals surface area contributed by atoms with Gasteiger partial charge in [0, 0.05) is 4.75 Å². The Bertz CT molecular complexity index is 218. The van der Waals surface area contributed by atoms with Crippen molar-refractivity contribution in [1.82, 2.24) is 0 Å². The number of carboxylic acid groups (broad SMARTS) is 1. The molecule has 6 heteroatoms. The van der Waals surface area contributed by atoms with Gasteiger partial charge in [0.2, 0.25) is 5.91 Å². The van der Waals surface area contributed by atoms with Crippen LogP contribution in [0.3, 0.4) is 0 Å². The molecule has 0 aromatic rings. The Morgan fingerprint density at radius 1 is 1.54 bits per heavy atom. The minimum Gasteiger partial charge on any atom is -0.480 e. The van der Waals surface area contributed by atoms with E-state index in [0.717, 1.165) is 11.8 Å². The van der Waals surface area contributed by atoms with Crippen LogP contribution in [0.4, 0.5) is 0 Å². The van der Waals surface area contributed by atoms with Crippen LogP contribution in [-0.4, -0.2) is 33.5 Å². The van der Waals surface area contributed by atoms with Crippen LogP contribution in [0.2, 0.25) is 0 Å². The Hall–Kier alpha value is -0.750. The summed E-state index contributed by atoms with van der Waals surface area (Å²) in [5, 5.41) is 8.63. The lowest BCUT2D eigenvalue weighted by atomic mass is 10.1. The van der Waals surface area contributed by atoms with Crippen molar-refractivity contribution in [2.45, 2.75) is 24.6 Å². The molecule has 5 N–H and O–H groups in total. The minimum atomic E-state index is -1.08. The van der Waals surface area contributed by atoms with Crippen LogP contribution in [0.5, 0.6) is 0 Å². The average Bonchev–Trinajstić information content (AvgIpc) is 1.99. The molecular weight excluding hydrogens is 192 g/mol. The summed E-state index contributed by atoms with van der Waals surface area (Å²) in [7, 11) is 0. The number of carboxylic acids is 1. The Balaban J connectivity index is 4.21. The lowest BCUT2D eigenvalue weighted by molar-refractivity contribution is -0.139. The SMILES string of the molecule is CC(C)(SCC(N)=O)[C@H](N)C(=O)O. The highest BCUT2D eigenvalue weighted by molar-refractivity contribution is 8.01. The van der Waals surface area contributed by atoms with Gasteiger partial charge in [-0.3, -0.25) is 9.59 Å². The van der Waals surface area contributed by atoms with Crippen molar-refractivity contribution in [3.63, 3.8) is 0 Å². The fourth-order valence-electron chi connectivity index (χ4n) is 0.644. The number of carbonyl (C=O) groups is 2. The van der Waals surface area contributed by atoms with Gasteiger partial charge in [0.05, 0.1) is 5.75 Å². The molecule has 0 unspecified atom stereocenters. The highest BCUT2D eigenvalue weighted by Crippen LogP contribution is 2.26. The molecule has 76 valence electrons. The summed E-state index contributed by atoms with van der Waals surface area (Å²) >= 11 is 1.14. The Morgan fingerprint density at radius 3 is 2.31 bits per heavy atom. The molecule has 0 rings (SSSR count). The van der Waals surface area contributed by atoms with Crippen LogP contribution >= 0.6 is 11.8 Å². The topological polar surface area (TPSA) is 106 Å². The summed E-state index contributed by atoms with van der Waals surface area (Å²) in [5.74, 6) is -1.48. The maximum Gasteiger partial charge on any atom is 0.321 e. The summed E-state index contributed by atoms with van der Waals surface area (Å²) in [6.07, 6.45) is 0. The van der Waals surface area contributed by atoms with Gasteiger partial charge in [-0.25, -0.2) is 0 Å². The van der Waals surface area contributed by atoms with Gasteiger partial charge >= 0.3 is 5.97 Å². The maximum absolute atomic E-state index is 10.5. The lowest BCUT2D eigenvalue weighted by Crippen LogP contribution is -2.47. The fourth-order valence-corrected chi connectivity index (χ4v) is 1.44. The number of thioether (sulfide) groups is 1. The van der Waals surface area contributed by atoms with E-state index in [4.69, 9.17) is 16.6 Å². The van der Waals surface area contributed by atoms with Crippen molar-refractivity contribution in [2.75, 3.05) is 5.75 Å². The van der Waals surface area contributed by atoms with Gasteiger partial charge in [-0.05, 0) is 13.8 Å². The maximum atomic E-state index is 10.5.